The van der Waals surface area contributed by atoms with Gasteiger partial charge in [-0.1, -0.05) is 35.5 Å². The first-order valence-electron chi connectivity index (χ1n) is 9.40. The molecule has 2 N–H and O–H groups in total. The Kier molecular flexibility index (Phi) is 5.79. The summed E-state index contributed by atoms with van der Waals surface area (Å²) in [4.78, 5) is 13.3. The van der Waals surface area contributed by atoms with Gasteiger partial charge in [0, 0.05) is 25.4 Å². The number of likely N-dealkylation sites (tertiary alicyclic amines) is 1. The van der Waals surface area contributed by atoms with Gasteiger partial charge in [0.1, 0.15) is 0 Å². The minimum Gasteiger partial charge on any atom is -0.481 e. The molecule has 0 aromatic carbocycles. The van der Waals surface area contributed by atoms with Crippen molar-refractivity contribution in [1.82, 2.24) is 4.90 Å². The summed E-state index contributed by atoms with van der Waals surface area (Å²) in [5.41, 5.74) is 4.07. The lowest BCUT2D eigenvalue weighted by Crippen LogP contribution is -2.50. The minimum absolute atomic E-state index is 0.207. The molecule has 3 rings (SSSR count). The lowest BCUT2D eigenvalue weighted by atomic mass is 9.77. The Morgan fingerprint density at radius 1 is 1.24 bits per heavy atom. The maximum atomic E-state index is 11.0. The maximum Gasteiger partial charge on any atom is 0.310 e. The van der Waals surface area contributed by atoms with Gasteiger partial charge >= 0.3 is 5.97 Å². The summed E-state index contributed by atoms with van der Waals surface area (Å²) in [6, 6.07) is 0. The zero-order chi connectivity index (χ0) is 17.8. The van der Waals surface area contributed by atoms with E-state index in [2.05, 4.69) is 42.2 Å². The van der Waals surface area contributed by atoms with Crippen LogP contribution in [0.2, 0.25) is 0 Å². The fourth-order valence-electron chi connectivity index (χ4n) is 4.09. The van der Waals surface area contributed by atoms with Crippen molar-refractivity contribution in [3.05, 3.63) is 47.2 Å². The standard InChI is InChI=1S/C21H29NO3/c1-15-9-18(12-20(10-15)22-13-19(14-22)21(24)25)17-7-4-6-16(11-17)5-2-3-8-23/h4,6-7,9-10,17-19,23H,2-3,5,8,11-14H2,1H3,(H,24,25). The third-order valence-corrected chi connectivity index (χ3v) is 5.60. The number of hydrogen-bond donors (Lipinski definition) is 2. The number of hydrogen-bond acceptors (Lipinski definition) is 3. The predicted octanol–water partition coefficient (Wildman–Crippen LogP) is 3.52. The molecule has 0 bridgehead atoms. The molecule has 1 aliphatic heterocycles. The number of rotatable bonds is 7. The number of aliphatic hydroxyl groups is 1. The first-order chi connectivity index (χ1) is 12.1. The fourth-order valence-corrected chi connectivity index (χ4v) is 4.09. The zero-order valence-corrected chi connectivity index (χ0v) is 15.0. The molecule has 0 saturated carbocycles. The van der Waals surface area contributed by atoms with Crippen LogP contribution < -0.4 is 0 Å². The van der Waals surface area contributed by atoms with Crippen molar-refractivity contribution in [3.63, 3.8) is 0 Å². The molecule has 0 aromatic heterocycles. The van der Waals surface area contributed by atoms with Crippen molar-refractivity contribution < 1.29 is 15.0 Å². The molecule has 2 aliphatic carbocycles. The number of carboxylic acid groups (broad SMARTS) is 1. The number of unbranched alkanes of at least 4 members (excludes halogenated alkanes) is 1. The van der Waals surface area contributed by atoms with Crippen LogP contribution >= 0.6 is 0 Å². The van der Waals surface area contributed by atoms with Crippen LogP contribution in [0, 0.1) is 17.8 Å². The molecule has 25 heavy (non-hydrogen) atoms. The van der Waals surface area contributed by atoms with Crippen molar-refractivity contribution in [1.29, 1.82) is 0 Å². The van der Waals surface area contributed by atoms with Crippen LogP contribution in [-0.2, 0) is 4.79 Å². The first kappa shape index (κ1) is 18.0. The van der Waals surface area contributed by atoms with E-state index in [4.69, 9.17) is 10.2 Å². The van der Waals surface area contributed by atoms with Gasteiger partial charge in [-0.3, -0.25) is 4.79 Å². The van der Waals surface area contributed by atoms with Crippen LogP contribution in [0.5, 0.6) is 0 Å². The van der Waals surface area contributed by atoms with Crippen LogP contribution in [0.4, 0.5) is 0 Å². The van der Waals surface area contributed by atoms with Crippen molar-refractivity contribution >= 4 is 5.97 Å². The van der Waals surface area contributed by atoms with Gasteiger partial charge in [0.25, 0.3) is 0 Å². The Labute approximate surface area is 150 Å². The van der Waals surface area contributed by atoms with E-state index in [1.165, 1.54) is 16.8 Å². The van der Waals surface area contributed by atoms with Gasteiger partial charge in [0.15, 0.2) is 0 Å². The highest BCUT2D eigenvalue weighted by atomic mass is 16.4. The normalized spacial score (nSPS) is 26.6. The molecule has 0 radical (unpaired) electrons. The number of allylic oxidation sites excluding steroid dienone is 8. The Hall–Kier alpha value is -1.81. The summed E-state index contributed by atoms with van der Waals surface area (Å²) in [5.74, 6) is 0.122. The molecule has 1 fully saturated rings. The van der Waals surface area contributed by atoms with Gasteiger partial charge in [-0.2, -0.15) is 0 Å². The summed E-state index contributed by atoms with van der Waals surface area (Å²) >= 11 is 0. The Balaban J connectivity index is 1.57. The molecule has 2 unspecified atom stereocenters. The van der Waals surface area contributed by atoms with Crippen molar-refractivity contribution in [2.24, 2.45) is 17.8 Å². The second-order valence-electron chi connectivity index (χ2n) is 7.61. The largest absolute Gasteiger partial charge is 0.481 e. The van der Waals surface area contributed by atoms with Crippen LogP contribution in [0.25, 0.3) is 0 Å². The number of carboxylic acids is 1. The van der Waals surface area contributed by atoms with E-state index in [1.54, 1.807) is 0 Å². The highest BCUT2D eigenvalue weighted by Crippen LogP contribution is 2.38. The van der Waals surface area contributed by atoms with Gasteiger partial charge in [-0.25, -0.2) is 0 Å². The monoisotopic (exact) mass is 343 g/mol. The van der Waals surface area contributed by atoms with Crippen molar-refractivity contribution in [2.45, 2.75) is 39.0 Å². The van der Waals surface area contributed by atoms with Crippen LogP contribution in [0.3, 0.4) is 0 Å². The third-order valence-electron chi connectivity index (χ3n) is 5.60. The summed E-state index contributed by atoms with van der Waals surface area (Å²) in [6.45, 7) is 3.71. The van der Waals surface area contributed by atoms with E-state index in [0.29, 0.717) is 24.9 Å². The van der Waals surface area contributed by atoms with E-state index in [9.17, 15) is 4.79 Å². The van der Waals surface area contributed by atoms with Crippen LogP contribution in [-0.4, -0.2) is 40.8 Å². The Morgan fingerprint density at radius 3 is 2.76 bits per heavy atom. The van der Waals surface area contributed by atoms with E-state index >= 15 is 0 Å². The minimum atomic E-state index is -0.677. The molecule has 1 saturated heterocycles. The quantitative estimate of drug-likeness (QED) is 0.695. The maximum absolute atomic E-state index is 11.0. The highest BCUT2D eigenvalue weighted by Gasteiger charge is 2.35. The number of aliphatic carboxylic acids is 1. The molecular weight excluding hydrogens is 314 g/mol. The topological polar surface area (TPSA) is 60.8 Å². The predicted molar refractivity (Wildman–Crippen MR) is 98.9 cm³/mol. The second-order valence-corrected chi connectivity index (χ2v) is 7.61. The summed E-state index contributed by atoms with van der Waals surface area (Å²) < 4.78 is 0. The second kappa shape index (κ2) is 8.05. The molecular formula is C21H29NO3. The van der Waals surface area contributed by atoms with Gasteiger partial charge < -0.3 is 15.1 Å². The van der Waals surface area contributed by atoms with Gasteiger partial charge in [0.05, 0.1) is 5.92 Å². The van der Waals surface area contributed by atoms with Crippen LogP contribution in [0.1, 0.15) is 39.0 Å². The van der Waals surface area contributed by atoms with Crippen molar-refractivity contribution in [3.8, 4) is 0 Å². The lowest BCUT2D eigenvalue weighted by molar-refractivity contribution is -0.146. The summed E-state index contributed by atoms with van der Waals surface area (Å²) in [6.07, 6.45) is 16.4. The Bertz CT molecular complexity index is 623. The molecule has 4 heteroatoms. The number of carbonyl (C=O) groups is 1. The molecule has 136 valence electrons. The van der Waals surface area contributed by atoms with E-state index in [0.717, 1.165) is 32.1 Å². The molecule has 0 spiro atoms. The molecule has 0 aromatic rings. The number of nitrogens with zero attached hydrogens (tertiary/aromatic N) is 1. The third kappa shape index (κ3) is 4.43. The fraction of sp³-hybridized carbons (Fsp3) is 0.571. The average molecular weight is 343 g/mol. The molecule has 3 aliphatic rings. The average Bonchev–Trinajstić information content (AvgIpc) is 2.53. The van der Waals surface area contributed by atoms with E-state index in [-0.39, 0.29) is 12.5 Å². The molecule has 1 heterocycles. The smallest absolute Gasteiger partial charge is 0.310 e. The van der Waals surface area contributed by atoms with Crippen LogP contribution in [0.15, 0.2) is 47.2 Å². The van der Waals surface area contributed by atoms with Gasteiger partial charge in [-0.15, -0.1) is 0 Å². The zero-order valence-electron chi connectivity index (χ0n) is 15.0. The van der Waals surface area contributed by atoms with E-state index in [1.807, 2.05) is 0 Å². The van der Waals surface area contributed by atoms with Gasteiger partial charge in [-0.05, 0) is 56.9 Å². The lowest BCUT2D eigenvalue weighted by Gasteiger charge is -2.43. The first-order valence-corrected chi connectivity index (χ1v) is 9.40. The summed E-state index contributed by atoms with van der Waals surface area (Å²) in [7, 11) is 0. The highest BCUT2D eigenvalue weighted by molar-refractivity contribution is 5.71. The SMILES string of the molecule is CC1=CC(C2C=CC=C(CCCCO)C2)CC(N2CC(C(=O)O)C2)=C1. The molecule has 4 nitrogen and oxygen atoms in total. The van der Waals surface area contributed by atoms with E-state index < -0.39 is 5.97 Å². The van der Waals surface area contributed by atoms with Gasteiger partial charge in [0.2, 0.25) is 0 Å². The summed E-state index contributed by atoms with van der Waals surface area (Å²) in [5, 5.41) is 18.0. The Morgan fingerprint density at radius 2 is 2.04 bits per heavy atom. The molecule has 0 amide bonds. The van der Waals surface area contributed by atoms with Crippen molar-refractivity contribution in [2.75, 3.05) is 19.7 Å². The molecule has 2 atom stereocenters. The number of aliphatic hydroxyl groups excluding tert-OH is 1.